The van der Waals surface area contributed by atoms with Gasteiger partial charge < -0.3 is 19.5 Å². The van der Waals surface area contributed by atoms with Gasteiger partial charge in [-0.1, -0.05) is 11.8 Å². The van der Waals surface area contributed by atoms with Crippen LogP contribution in [0.1, 0.15) is 16.2 Å². The van der Waals surface area contributed by atoms with Crippen molar-refractivity contribution in [1.82, 2.24) is 15.1 Å². The molecular weight excluding hydrogens is 433 g/mol. The molecule has 0 radical (unpaired) electrons. The number of benzene rings is 2. The number of carbonyl (C=O) groups is 2. The molecule has 1 N–H and O–H groups in total. The Morgan fingerprint density at radius 3 is 2.34 bits per heavy atom. The molecule has 3 aromatic rings. The highest BCUT2D eigenvalue weighted by Gasteiger charge is 2.22. The number of rotatable bonds is 6. The van der Waals surface area contributed by atoms with Gasteiger partial charge in [0, 0.05) is 50.0 Å². The van der Waals surface area contributed by atoms with Crippen molar-refractivity contribution in [2.45, 2.75) is 12.1 Å². The third-order valence-electron chi connectivity index (χ3n) is 5.01. The fraction of sp³-hybridized carbons (Fsp3) is 0.273. The van der Waals surface area contributed by atoms with E-state index >= 15 is 0 Å². The number of aromatic nitrogens is 2. The molecule has 2 amide bonds. The molecule has 0 atom stereocenters. The summed E-state index contributed by atoms with van der Waals surface area (Å²) in [6.45, 7) is 4.25. The topological polar surface area (TPSA) is 91.6 Å². The maximum Gasteiger partial charge on any atom is 0.277 e. The summed E-state index contributed by atoms with van der Waals surface area (Å²) in [6, 6.07) is 13.2. The van der Waals surface area contributed by atoms with E-state index in [9.17, 15) is 14.0 Å². The fourth-order valence-corrected chi connectivity index (χ4v) is 3.96. The van der Waals surface area contributed by atoms with Crippen LogP contribution in [0.2, 0.25) is 0 Å². The third-order valence-corrected chi connectivity index (χ3v) is 5.83. The average molecular weight is 456 g/mol. The SMILES string of the molecule is Cc1nnc(SCC(=O)Nc2ccc(N3CCN(C(=O)c4ccc(F)cc4)CC3)cc2)o1. The normalized spacial score (nSPS) is 13.8. The lowest BCUT2D eigenvalue weighted by atomic mass is 10.1. The highest BCUT2D eigenvalue weighted by molar-refractivity contribution is 7.99. The van der Waals surface area contributed by atoms with Crippen molar-refractivity contribution in [2.75, 3.05) is 42.1 Å². The molecule has 8 nitrogen and oxygen atoms in total. The molecule has 1 aromatic heterocycles. The summed E-state index contributed by atoms with van der Waals surface area (Å²) < 4.78 is 18.3. The highest BCUT2D eigenvalue weighted by atomic mass is 32.2. The molecule has 4 rings (SSSR count). The number of hydrogen-bond acceptors (Lipinski definition) is 7. The highest BCUT2D eigenvalue weighted by Crippen LogP contribution is 2.21. The minimum Gasteiger partial charge on any atom is -0.416 e. The van der Waals surface area contributed by atoms with Gasteiger partial charge in [0.15, 0.2) is 0 Å². The van der Waals surface area contributed by atoms with Gasteiger partial charge in [-0.25, -0.2) is 4.39 Å². The smallest absolute Gasteiger partial charge is 0.277 e. The van der Waals surface area contributed by atoms with Crippen molar-refractivity contribution < 1.29 is 18.4 Å². The van der Waals surface area contributed by atoms with Crippen LogP contribution >= 0.6 is 11.8 Å². The summed E-state index contributed by atoms with van der Waals surface area (Å²) in [4.78, 5) is 28.7. The molecule has 32 heavy (non-hydrogen) atoms. The summed E-state index contributed by atoms with van der Waals surface area (Å²) in [5, 5.41) is 10.8. The number of hydrogen-bond donors (Lipinski definition) is 1. The van der Waals surface area contributed by atoms with Crippen LogP contribution in [0.4, 0.5) is 15.8 Å². The van der Waals surface area contributed by atoms with E-state index in [-0.39, 0.29) is 23.4 Å². The first kappa shape index (κ1) is 21.8. The summed E-state index contributed by atoms with van der Waals surface area (Å²) in [7, 11) is 0. The van der Waals surface area contributed by atoms with Gasteiger partial charge in [-0.2, -0.15) is 0 Å². The maximum absolute atomic E-state index is 13.1. The zero-order chi connectivity index (χ0) is 22.5. The molecule has 0 bridgehead atoms. The van der Waals surface area contributed by atoms with E-state index in [0.717, 1.165) is 5.69 Å². The van der Waals surface area contributed by atoms with Gasteiger partial charge in [0.25, 0.3) is 11.1 Å². The molecule has 0 saturated carbocycles. The Morgan fingerprint density at radius 1 is 1.03 bits per heavy atom. The Balaban J connectivity index is 1.26. The molecule has 1 fully saturated rings. The van der Waals surface area contributed by atoms with Crippen LogP contribution < -0.4 is 10.2 Å². The molecule has 2 heterocycles. The predicted molar refractivity (Wildman–Crippen MR) is 119 cm³/mol. The van der Waals surface area contributed by atoms with E-state index in [1.54, 1.807) is 11.8 Å². The quantitative estimate of drug-likeness (QED) is 0.571. The predicted octanol–water partition coefficient (Wildman–Crippen LogP) is 3.21. The van der Waals surface area contributed by atoms with Crippen LogP contribution in [-0.2, 0) is 4.79 Å². The Bertz CT molecular complexity index is 1080. The number of amides is 2. The van der Waals surface area contributed by atoms with Crippen molar-refractivity contribution in [3.05, 3.63) is 65.8 Å². The molecular formula is C22H22FN5O3S. The van der Waals surface area contributed by atoms with Crippen LogP contribution in [0.3, 0.4) is 0 Å². The van der Waals surface area contributed by atoms with E-state index in [4.69, 9.17) is 4.42 Å². The van der Waals surface area contributed by atoms with E-state index in [1.165, 1.54) is 36.0 Å². The Hall–Kier alpha value is -3.40. The van der Waals surface area contributed by atoms with Crippen molar-refractivity contribution in [3.63, 3.8) is 0 Å². The van der Waals surface area contributed by atoms with Crippen LogP contribution in [-0.4, -0.2) is 58.8 Å². The van der Waals surface area contributed by atoms with Crippen molar-refractivity contribution in [1.29, 1.82) is 0 Å². The second-order valence-electron chi connectivity index (χ2n) is 7.26. The zero-order valence-corrected chi connectivity index (χ0v) is 18.3. The van der Waals surface area contributed by atoms with Gasteiger partial charge in [-0.3, -0.25) is 9.59 Å². The largest absolute Gasteiger partial charge is 0.416 e. The number of nitrogens with one attached hydrogen (secondary N) is 1. The minimum atomic E-state index is -0.355. The van der Waals surface area contributed by atoms with Crippen LogP contribution in [0.5, 0.6) is 0 Å². The summed E-state index contributed by atoms with van der Waals surface area (Å²) in [6.07, 6.45) is 0. The number of halogens is 1. The molecule has 0 aliphatic carbocycles. The van der Waals surface area contributed by atoms with E-state index in [1.807, 2.05) is 24.3 Å². The lowest BCUT2D eigenvalue weighted by Crippen LogP contribution is -2.48. The molecule has 1 aliphatic heterocycles. The second-order valence-corrected chi connectivity index (χ2v) is 8.18. The van der Waals surface area contributed by atoms with Crippen molar-refractivity contribution in [3.8, 4) is 0 Å². The molecule has 0 spiro atoms. The van der Waals surface area contributed by atoms with Crippen molar-refractivity contribution >= 4 is 35.0 Å². The first-order valence-electron chi connectivity index (χ1n) is 10.1. The van der Waals surface area contributed by atoms with Crippen LogP contribution in [0, 0.1) is 12.7 Å². The molecule has 0 unspecified atom stereocenters. The standard InChI is InChI=1S/C22H22FN5O3S/c1-15-25-26-22(31-15)32-14-20(29)24-18-6-8-19(9-7-18)27-10-12-28(13-11-27)21(30)16-2-4-17(23)5-3-16/h2-9H,10-14H2,1H3,(H,24,29). The lowest BCUT2D eigenvalue weighted by molar-refractivity contribution is -0.113. The third kappa shape index (κ3) is 5.44. The first-order chi connectivity index (χ1) is 15.5. The van der Waals surface area contributed by atoms with Gasteiger partial charge in [0.2, 0.25) is 11.8 Å². The summed E-state index contributed by atoms with van der Waals surface area (Å²) in [5.74, 6) is 0.0339. The maximum atomic E-state index is 13.1. The fourth-order valence-electron chi connectivity index (χ4n) is 3.36. The van der Waals surface area contributed by atoms with E-state index in [0.29, 0.717) is 48.5 Å². The van der Waals surface area contributed by atoms with E-state index in [2.05, 4.69) is 20.4 Å². The molecule has 10 heteroatoms. The summed E-state index contributed by atoms with van der Waals surface area (Å²) in [5.41, 5.74) is 2.21. The summed E-state index contributed by atoms with van der Waals surface area (Å²) >= 11 is 1.18. The van der Waals surface area contributed by atoms with Crippen LogP contribution in [0.25, 0.3) is 0 Å². The number of piperazine rings is 1. The number of anilines is 2. The first-order valence-corrected chi connectivity index (χ1v) is 11.1. The van der Waals surface area contributed by atoms with Gasteiger partial charge >= 0.3 is 0 Å². The van der Waals surface area contributed by atoms with Gasteiger partial charge in [-0.15, -0.1) is 10.2 Å². The van der Waals surface area contributed by atoms with Crippen LogP contribution in [0.15, 0.2) is 58.2 Å². The molecule has 1 saturated heterocycles. The van der Waals surface area contributed by atoms with E-state index < -0.39 is 0 Å². The van der Waals surface area contributed by atoms with Gasteiger partial charge in [0.1, 0.15) is 5.82 Å². The number of nitrogens with zero attached hydrogens (tertiary/aromatic N) is 4. The Labute approximate surface area is 188 Å². The van der Waals surface area contributed by atoms with Crippen molar-refractivity contribution in [2.24, 2.45) is 0 Å². The zero-order valence-electron chi connectivity index (χ0n) is 17.5. The average Bonchev–Trinajstić information content (AvgIpc) is 3.23. The lowest BCUT2D eigenvalue weighted by Gasteiger charge is -2.36. The molecule has 2 aromatic carbocycles. The Kier molecular flexibility index (Phi) is 6.69. The monoisotopic (exact) mass is 455 g/mol. The van der Waals surface area contributed by atoms with Gasteiger partial charge in [-0.05, 0) is 48.5 Å². The van der Waals surface area contributed by atoms with Gasteiger partial charge in [0.05, 0.1) is 5.75 Å². The Morgan fingerprint density at radius 2 is 1.72 bits per heavy atom. The number of aryl methyl sites for hydroxylation is 1. The minimum absolute atomic E-state index is 0.0868. The number of carbonyl (C=O) groups excluding carboxylic acids is 2. The number of thioether (sulfide) groups is 1. The molecule has 1 aliphatic rings. The second kappa shape index (κ2) is 9.82. The molecule has 166 valence electrons.